The number of rotatable bonds is 9. The molecule has 0 bridgehead atoms. The first-order chi connectivity index (χ1) is 11.0. The Kier molecular flexibility index (Phi) is 8.66. The number of carboxylic acid groups (broad SMARTS) is 1. The lowest BCUT2D eigenvalue weighted by molar-refractivity contribution is -0.140. The van der Waals surface area contributed by atoms with Crippen LogP contribution in [0.1, 0.15) is 58.3 Å². The highest BCUT2D eigenvalue weighted by molar-refractivity contribution is 5.80. The number of nitrogens with zero attached hydrogens (tertiary/aromatic N) is 2. The normalized spacial score (nSPS) is 15.5. The van der Waals surface area contributed by atoms with E-state index in [1.54, 1.807) is 0 Å². The molecule has 1 rings (SSSR count). The van der Waals surface area contributed by atoms with Crippen LogP contribution in [0.4, 0.5) is 0 Å². The van der Waals surface area contributed by atoms with Crippen LogP contribution in [0.5, 0.6) is 0 Å². The molecule has 0 radical (unpaired) electrons. The van der Waals surface area contributed by atoms with Gasteiger partial charge in [0.1, 0.15) is 0 Å². The first kappa shape index (κ1) is 19.5. The maximum absolute atomic E-state index is 12.3. The van der Waals surface area contributed by atoms with E-state index < -0.39 is 5.97 Å². The molecule has 6 heteroatoms. The third-order valence-corrected chi connectivity index (χ3v) is 4.45. The van der Waals surface area contributed by atoms with Crippen LogP contribution in [0, 0.1) is 5.92 Å². The lowest BCUT2D eigenvalue weighted by atomic mass is 9.95. The van der Waals surface area contributed by atoms with Gasteiger partial charge in [-0.15, -0.1) is 0 Å². The second-order valence-electron chi connectivity index (χ2n) is 6.37. The Hall–Kier alpha value is -1.59. The van der Waals surface area contributed by atoms with E-state index in [2.05, 4.69) is 6.92 Å². The van der Waals surface area contributed by atoms with Crippen molar-refractivity contribution in [2.75, 3.05) is 26.7 Å². The summed E-state index contributed by atoms with van der Waals surface area (Å²) in [7, 11) is 1.86. The lowest BCUT2D eigenvalue weighted by Crippen LogP contribution is -2.43. The monoisotopic (exact) mass is 326 g/mol. The van der Waals surface area contributed by atoms with Gasteiger partial charge in [-0.1, -0.05) is 13.3 Å². The molecule has 0 saturated carbocycles. The van der Waals surface area contributed by atoms with Crippen molar-refractivity contribution < 1.29 is 19.5 Å². The summed E-state index contributed by atoms with van der Waals surface area (Å²) < 4.78 is 0. The number of carbonyl (C=O) groups excluding carboxylic acids is 2. The van der Waals surface area contributed by atoms with E-state index in [1.165, 1.54) is 0 Å². The number of carbonyl (C=O) groups is 3. The van der Waals surface area contributed by atoms with Crippen molar-refractivity contribution in [2.24, 2.45) is 5.92 Å². The smallest absolute Gasteiger partial charge is 0.303 e. The molecular weight excluding hydrogens is 296 g/mol. The van der Waals surface area contributed by atoms with Gasteiger partial charge in [0.2, 0.25) is 11.8 Å². The Labute approximate surface area is 138 Å². The summed E-state index contributed by atoms with van der Waals surface area (Å²) in [4.78, 5) is 38.5. The maximum Gasteiger partial charge on any atom is 0.303 e. The van der Waals surface area contributed by atoms with Crippen LogP contribution in [0.2, 0.25) is 0 Å². The number of unbranched alkanes of at least 4 members (excludes halogenated alkanes) is 2. The molecule has 0 aromatic carbocycles. The second-order valence-corrected chi connectivity index (χ2v) is 6.37. The number of carboxylic acids is 1. The molecule has 1 saturated heterocycles. The number of amides is 2. The average Bonchev–Trinajstić information content (AvgIpc) is 2.55. The Morgan fingerprint density at radius 3 is 2.26 bits per heavy atom. The summed E-state index contributed by atoms with van der Waals surface area (Å²) in [6.45, 7) is 4.18. The lowest BCUT2D eigenvalue weighted by Gasteiger charge is -2.33. The molecule has 0 spiro atoms. The Bertz CT molecular complexity index is 403. The van der Waals surface area contributed by atoms with Crippen LogP contribution in [-0.2, 0) is 14.4 Å². The van der Waals surface area contributed by atoms with Crippen molar-refractivity contribution in [3.63, 3.8) is 0 Å². The van der Waals surface area contributed by atoms with Gasteiger partial charge in [-0.25, -0.2) is 0 Å². The van der Waals surface area contributed by atoms with Gasteiger partial charge in [0, 0.05) is 45.4 Å². The molecule has 2 amide bonds. The van der Waals surface area contributed by atoms with Crippen LogP contribution in [0.3, 0.4) is 0 Å². The average molecular weight is 326 g/mol. The molecule has 0 unspecified atom stereocenters. The molecule has 23 heavy (non-hydrogen) atoms. The van der Waals surface area contributed by atoms with E-state index in [4.69, 9.17) is 5.11 Å². The zero-order valence-electron chi connectivity index (χ0n) is 14.4. The van der Waals surface area contributed by atoms with Crippen molar-refractivity contribution in [1.29, 1.82) is 0 Å². The van der Waals surface area contributed by atoms with Crippen LogP contribution in [-0.4, -0.2) is 59.4 Å². The molecule has 0 aliphatic carbocycles. The molecule has 1 heterocycles. The number of piperidine rings is 1. The second kappa shape index (κ2) is 10.2. The van der Waals surface area contributed by atoms with Crippen molar-refractivity contribution in [2.45, 2.75) is 58.3 Å². The number of likely N-dealkylation sites (tertiary alicyclic amines) is 1. The molecule has 132 valence electrons. The van der Waals surface area contributed by atoms with Gasteiger partial charge in [0.25, 0.3) is 0 Å². The highest BCUT2D eigenvalue weighted by atomic mass is 16.4. The van der Waals surface area contributed by atoms with E-state index in [0.717, 1.165) is 32.2 Å². The van der Waals surface area contributed by atoms with Crippen LogP contribution in [0.25, 0.3) is 0 Å². The van der Waals surface area contributed by atoms with Crippen LogP contribution in [0.15, 0.2) is 0 Å². The topological polar surface area (TPSA) is 77.9 Å². The quantitative estimate of drug-likeness (QED) is 0.658. The van der Waals surface area contributed by atoms with Crippen LogP contribution < -0.4 is 0 Å². The Morgan fingerprint density at radius 1 is 1.09 bits per heavy atom. The number of hydrogen-bond acceptors (Lipinski definition) is 3. The third-order valence-electron chi connectivity index (χ3n) is 4.45. The summed E-state index contributed by atoms with van der Waals surface area (Å²) in [6, 6.07) is 0. The summed E-state index contributed by atoms with van der Waals surface area (Å²) >= 11 is 0. The van der Waals surface area contributed by atoms with Gasteiger partial charge < -0.3 is 14.9 Å². The first-order valence-electron chi connectivity index (χ1n) is 8.70. The van der Waals surface area contributed by atoms with E-state index in [9.17, 15) is 14.4 Å². The molecular formula is C17H30N2O4. The molecule has 1 aliphatic rings. The first-order valence-corrected chi connectivity index (χ1v) is 8.70. The number of hydrogen-bond donors (Lipinski definition) is 1. The summed E-state index contributed by atoms with van der Waals surface area (Å²) in [5.41, 5.74) is 0. The van der Waals surface area contributed by atoms with Gasteiger partial charge in [-0.05, 0) is 32.1 Å². The fourth-order valence-electron chi connectivity index (χ4n) is 2.90. The predicted molar refractivity (Wildman–Crippen MR) is 88.0 cm³/mol. The molecule has 1 N–H and O–H groups in total. The molecule has 1 aliphatic heterocycles. The van der Waals surface area contributed by atoms with Crippen LogP contribution >= 0.6 is 0 Å². The van der Waals surface area contributed by atoms with E-state index in [1.807, 2.05) is 16.8 Å². The van der Waals surface area contributed by atoms with Crippen molar-refractivity contribution >= 4 is 17.8 Å². The van der Waals surface area contributed by atoms with Gasteiger partial charge in [-0.3, -0.25) is 14.4 Å². The highest BCUT2D eigenvalue weighted by Crippen LogP contribution is 2.20. The van der Waals surface area contributed by atoms with Crippen molar-refractivity contribution in [1.82, 2.24) is 9.80 Å². The highest BCUT2D eigenvalue weighted by Gasteiger charge is 2.28. The van der Waals surface area contributed by atoms with E-state index in [0.29, 0.717) is 32.4 Å². The predicted octanol–water partition coefficient (Wildman–Crippen LogP) is 2.13. The van der Waals surface area contributed by atoms with Gasteiger partial charge >= 0.3 is 5.97 Å². The molecule has 0 aromatic heterocycles. The van der Waals surface area contributed by atoms with Gasteiger partial charge in [0.15, 0.2) is 0 Å². The Morgan fingerprint density at radius 2 is 1.70 bits per heavy atom. The minimum Gasteiger partial charge on any atom is -0.481 e. The Balaban J connectivity index is 2.27. The minimum absolute atomic E-state index is 0.0351. The van der Waals surface area contributed by atoms with E-state index in [-0.39, 0.29) is 24.2 Å². The zero-order valence-corrected chi connectivity index (χ0v) is 14.4. The third kappa shape index (κ3) is 7.01. The van der Waals surface area contributed by atoms with Gasteiger partial charge in [-0.2, -0.15) is 0 Å². The molecule has 6 nitrogen and oxygen atoms in total. The largest absolute Gasteiger partial charge is 0.481 e. The summed E-state index contributed by atoms with van der Waals surface area (Å²) in [5.74, 6) is -0.496. The molecule has 0 aromatic rings. The standard InChI is InChI=1S/C17H30N2O4/c1-3-4-11-18(2)17(23)14-9-12-19(13-10-14)15(20)7-5-6-8-16(21)22/h14H,3-13H2,1-2H3,(H,21,22). The van der Waals surface area contributed by atoms with Crippen molar-refractivity contribution in [3.8, 4) is 0 Å². The fourth-order valence-corrected chi connectivity index (χ4v) is 2.90. The molecule has 1 fully saturated rings. The van der Waals surface area contributed by atoms with E-state index >= 15 is 0 Å². The summed E-state index contributed by atoms with van der Waals surface area (Å²) in [5, 5.41) is 8.58. The minimum atomic E-state index is -0.816. The maximum atomic E-state index is 12.3. The SMILES string of the molecule is CCCCN(C)C(=O)C1CCN(C(=O)CCCCC(=O)O)CC1. The molecule has 0 atom stereocenters. The number of aliphatic carboxylic acids is 1. The fraction of sp³-hybridized carbons (Fsp3) is 0.824. The van der Waals surface area contributed by atoms with Crippen molar-refractivity contribution in [3.05, 3.63) is 0 Å². The summed E-state index contributed by atoms with van der Waals surface area (Å²) in [6.07, 6.45) is 5.24. The van der Waals surface area contributed by atoms with Gasteiger partial charge in [0.05, 0.1) is 0 Å². The zero-order chi connectivity index (χ0) is 17.2.